The van der Waals surface area contributed by atoms with Gasteiger partial charge in [0.2, 0.25) is 0 Å². The molecule has 0 atom stereocenters. The molecular weight excluding hydrogens is 342 g/mol. The van der Waals surface area contributed by atoms with Crippen LogP contribution in [0.2, 0.25) is 0 Å². The molecule has 0 amide bonds. The Hall–Kier alpha value is -1.85. The number of hydrogen-bond donors (Lipinski definition) is 1. The predicted octanol–water partition coefficient (Wildman–Crippen LogP) is 4.91. The molecule has 0 fully saturated rings. The second-order valence-electron chi connectivity index (χ2n) is 7.10. The lowest BCUT2D eigenvalue weighted by atomic mass is 10.0. The van der Waals surface area contributed by atoms with Crippen LogP contribution in [0.4, 0.5) is 0 Å². The first-order valence-corrected chi connectivity index (χ1v) is 10.1. The van der Waals surface area contributed by atoms with E-state index in [-0.39, 0.29) is 11.7 Å². The number of aromatic nitrogens is 1. The quantitative estimate of drug-likeness (QED) is 0.307. The van der Waals surface area contributed by atoms with Crippen LogP contribution in [0.1, 0.15) is 63.5 Å². The van der Waals surface area contributed by atoms with Gasteiger partial charge >= 0.3 is 0 Å². The summed E-state index contributed by atoms with van der Waals surface area (Å²) in [5.41, 5.74) is 1.27. The largest absolute Gasteiger partial charge is 0.428 e. The fraction of sp³-hybridized carbons (Fsp3) is 0.591. The zero-order chi connectivity index (χ0) is 19.5. The fourth-order valence-electron chi connectivity index (χ4n) is 3.50. The molecule has 1 N–H and O–H groups in total. The SMILES string of the molecule is COC(CCCCCCCCCCc1cc(=O)c2ccccc2n1O)OC. The Kier molecular flexibility index (Phi) is 9.36. The Morgan fingerprint density at radius 3 is 2.19 bits per heavy atom. The standard InChI is InChI=1S/C22H33NO4/c1-26-22(27-2)16-10-8-6-4-3-5-7-9-13-18-17-21(24)19-14-11-12-15-20(19)23(18)25/h11-12,14-15,17,22,25H,3-10,13,16H2,1-2H3. The molecule has 0 bridgehead atoms. The van der Waals surface area contributed by atoms with Crippen molar-refractivity contribution in [3.8, 4) is 0 Å². The highest BCUT2D eigenvalue weighted by atomic mass is 16.7. The molecule has 5 heteroatoms. The number of rotatable bonds is 13. The molecule has 0 aliphatic heterocycles. The molecular formula is C22H33NO4. The molecule has 2 aromatic rings. The van der Waals surface area contributed by atoms with Crippen molar-refractivity contribution in [1.82, 2.24) is 4.73 Å². The van der Waals surface area contributed by atoms with Crippen molar-refractivity contribution >= 4 is 10.9 Å². The molecule has 0 aliphatic carbocycles. The highest BCUT2D eigenvalue weighted by Gasteiger charge is 2.07. The van der Waals surface area contributed by atoms with Gasteiger partial charge in [0.05, 0.1) is 11.2 Å². The summed E-state index contributed by atoms with van der Waals surface area (Å²) in [5, 5.41) is 10.9. The van der Waals surface area contributed by atoms with Crippen molar-refractivity contribution in [3.63, 3.8) is 0 Å². The number of pyridine rings is 1. The van der Waals surface area contributed by atoms with Crippen molar-refractivity contribution in [3.05, 3.63) is 46.2 Å². The van der Waals surface area contributed by atoms with E-state index in [1.165, 1.54) is 36.8 Å². The highest BCUT2D eigenvalue weighted by Crippen LogP contribution is 2.15. The number of ether oxygens (including phenoxy) is 2. The third kappa shape index (κ3) is 6.67. The van der Waals surface area contributed by atoms with Crippen LogP contribution in [0.5, 0.6) is 0 Å². The van der Waals surface area contributed by atoms with Gasteiger partial charge in [-0.05, 0) is 37.8 Å². The Morgan fingerprint density at radius 2 is 1.52 bits per heavy atom. The molecule has 2 rings (SSSR count). The van der Waals surface area contributed by atoms with E-state index >= 15 is 0 Å². The summed E-state index contributed by atoms with van der Waals surface area (Å²) >= 11 is 0. The summed E-state index contributed by atoms with van der Waals surface area (Å²) in [7, 11) is 3.37. The number of unbranched alkanes of at least 4 members (excludes halogenated alkanes) is 7. The molecule has 1 heterocycles. The van der Waals surface area contributed by atoms with Crippen LogP contribution in [0.25, 0.3) is 10.9 Å². The Bertz CT molecular complexity index is 737. The molecule has 0 aliphatic rings. The molecule has 1 aromatic carbocycles. The summed E-state index contributed by atoms with van der Waals surface area (Å²) < 4.78 is 11.5. The van der Waals surface area contributed by atoms with E-state index < -0.39 is 0 Å². The summed E-state index contributed by atoms with van der Waals surface area (Å²) in [5.74, 6) is 0. The predicted molar refractivity (Wildman–Crippen MR) is 108 cm³/mol. The normalized spacial score (nSPS) is 11.5. The second kappa shape index (κ2) is 11.8. The third-order valence-electron chi connectivity index (χ3n) is 5.12. The maximum atomic E-state index is 12.2. The number of benzene rings is 1. The smallest absolute Gasteiger partial charge is 0.189 e. The van der Waals surface area contributed by atoms with Gasteiger partial charge in [0.15, 0.2) is 11.7 Å². The molecule has 27 heavy (non-hydrogen) atoms. The zero-order valence-corrected chi connectivity index (χ0v) is 16.7. The van der Waals surface area contributed by atoms with Gasteiger partial charge in [0.25, 0.3) is 0 Å². The number of para-hydroxylation sites is 1. The van der Waals surface area contributed by atoms with Crippen LogP contribution >= 0.6 is 0 Å². The lowest BCUT2D eigenvalue weighted by molar-refractivity contribution is -0.107. The number of methoxy groups -OCH3 is 2. The molecule has 0 saturated carbocycles. The minimum atomic E-state index is -0.0657. The number of hydrogen-bond acceptors (Lipinski definition) is 4. The van der Waals surface area contributed by atoms with E-state index in [4.69, 9.17) is 9.47 Å². The molecule has 5 nitrogen and oxygen atoms in total. The van der Waals surface area contributed by atoms with E-state index in [0.717, 1.165) is 32.1 Å². The molecule has 1 aromatic heterocycles. The van der Waals surface area contributed by atoms with E-state index in [2.05, 4.69) is 0 Å². The average Bonchev–Trinajstić information content (AvgIpc) is 2.70. The van der Waals surface area contributed by atoms with Gasteiger partial charge in [-0.15, -0.1) is 0 Å². The molecule has 0 spiro atoms. The lowest BCUT2D eigenvalue weighted by Crippen LogP contribution is -2.12. The summed E-state index contributed by atoms with van der Waals surface area (Å²) in [4.78, 5) is 12.2. The maximum absolute atomic E-state index is 12.2. The van der Waals surface area contributed by atoms with Crippen LogP contribution in [-0.2, 0) is 15.9 Å². The van der Waals surface area contributed by atoms with Gasteiger partial charge in [-0.3, -0.25) is 4.79 Å². The summed E-state index contributed by atoms with van der Waals surface area (Å²) in [6, 6.07) is 8.75. The zero-order valence-electron chi connectivity index (χ0n) is 16.7. The number of fused-ring (bicyclic) bond motifs is 1. The van der Waals surface area contributed by atoms with Crippen molar-refractivity contribution in [2.75, 3.05) is 14.2 Å². The summed E-state index contributed by atoms with van der Waals surface area (Å²) in [6.07, 6.45) is 11.0. The van der Waals surface area contributed by atoms with Crippen LogP contribution in [0.15, 0.2) is 35.1 Å². The fourth-order valence-corrected chi connectivity index (χ4v) is 3.50. The van der Waals surface area contributed by atoms with Crippen LogP contribution in [0, 0.1) is 0 Å². The molecule has 0 saturated heterocycles. The Labute approximate surface area is 161 Å². The van der Waals surface area contributed by atoms with Crippen LogP contribution in [0.3, 0.4) is 0 Å². The monoisotopic (exact) mass is 375 g/mol. The average molecular weight is 376 g/mol. The first kappa shape index (κ1) is 21.5. The molecule has 0 radical (unpaired) electrons. The molecule has 0 unspecified atom stereocenters. The topological polar surface area (TPSA) is 60.7 Å². The Balaban J connectivity index is 1.60. The number of nitrogens with zero attached hydrogens (tertiary/aromatic N) is 1. The first-order chi connectivity index (χ1) is 13.2. The third-order valence-corrected chi connectivity index (χ3v) is 5.12. The Morgan fingerprint density at radius 1 is 0.926 bits per heavy atom. The minimum Gasteiger partial charge on any atom is -0.428 e. The maximum Gasteiger partial charge on any atom is 0.189 e. The van der Waals surface area contributed by atoms with Gasteiger partial charge in [-0.25, -0.2) is 0 Å². The minimum absolute atomic E-state index is 0.0184. The van der Waals surface area contributed by atoms with Gasteiger partial charge in [0, 0.05) is 25.7 Å². The van der Waals surface area contributed by atoms with Crippen molar-refractivity contribution in [2.45, 2.75) is 70.5 Å². The van der Waals surface area contributed by atoms with Gasteiger partial charge in [-0.2, -0.15) is 4.73 Å². The van der Waals surface area contributed by atoms with Crippen molar-refractivity contribution in [2.24, 2.45) is 0 Å². The van der Waals surface area contributed by atoms with E-state index in [1.807, 2.05) is 12.1 Å². The first-order valence-electron chi connectivity index (χ1n) is 10.1. The van der Waals surface area contributed by atoms with Gasteiger partial charge in [0.1, 0.15) is 0 Å². The number of aryl methyl sites for hydroxylation is 1. The highest BCUT2D eigenvalue weighted by molar-refractivity contribution is 5.78. The van der Waals surface area contributed by atoms with E-state index in [9.17, 15) is 10.0 Å². The second-order valence-corrected chi connectivity index (χ2v) is 7.10. The molecule has 150 valence electrons. The summed E-state index contributed by atoms with van der Waals surface area (Å²) in [6.45, 7) is 0. The lowest BCUT2D eigenvalue weighted by Gasteiger charge is -2.12. The van der Waals surface area contributed by atoms with E-state index in [1.54, 1.807) is 32.4 Å². The van der Waals surface area contributed by atoms with Crippen LogP contribution in [-0.4, -0.2) is 30.4 Å². The van der Waals surface area contributed by atoms with E-state index in [0.29, 0.717) is 16.6 Å². The van der Waals surface area contributed by atoms with Gasteiger partial charge < -0.3 is 14.7 Å². The van der Waals surface area contributed by atoms with Crippen molar-refractivity contribution < 1.29 is 14.7 Å². The van der Waals surface area contributed by atoms with Crippen LogP contribution < -0.4 is 5.43 Å². The van der Waals surface area contributed by atoms with Gasteiger partial charge in [-0.1, -0.05) is 50.7 Å². The van der Waals surface area contributed by atoms with Crippen molar-refractivity contribution in [1.29, 1.82) is 0 Å².